The van der Waals surface area contributed by atoms with Crippen LogP contribution in [-0.4, -0.2) is 28.3 Å². The second-order valence-electron chi connectivity index (χ2n) is 5.33. The smallest absolute Gasteiger partial charge is 0.162 e. The van der Waals surface area contributed by atoms with E-state index in [2.05, 4.69) is 46.9 Å². The van der Waals surface area contributed by atoms with Crippen molar-refractivity contribution in [2.24, 2.45) is 5.11 Å². The van der Waals surface area contributed by atoms with Crippen LogP contribution in [0.4, 0.5) is 0 Å². The van der Waals surface area contributed by atoms with E-state index in [-0.39, 0.29) is 18.4 Å². The van der Waals surface area contributed by atoms with Crippen LogP contribution in [0.25, 0.3) is 21.5 Å². The SMILES string of the molecule is Cc1c(Br)cc2c(nc3n2[C@H]2OC[C@H](N=[N+]=[N-])[C@H]2OC3)c1Br. The topological polar surface area (TPSA) is 85.0 Å². The van der Waals surface area contributed by atoms with Crippen molar-refractivity contribution in [2.75, 3.05) is 6.61 Å². The van der Waals surface area contributed by atoms with Crippen LogP contribution in [0.15, 0.2) is 20.1 Å². The van der Waals surface area contributed by atoms with Crippen molar-refractivity contribution in [2.45, 2.75) is 31.9 Å². The first kappa shape index (κ1) is 14.5. The lowest BCUT2D eigenvalue weighted by molar-refractivity contribution is -0.0819. The molecule has 3 atom stereocenters. The summed E-state index contributed by atoms with van der Waals surface area (Å²) in [6.07, 6.45) is -0.592. The predicted octanol–water partition coefficient (Wildman–Crippen LogP) is 3.98. The minimum atomic E-state index is -0.314. The maximum atomic E-state index is 8.66. The average Bonchev–Trinajstić information content (AvgIpc) is 3.07. The molecular formula is C13H11Br2N5O2. The molecule has 0 saturated carbocycles. The molecule has 0 bridgehead atoms. The van der Waals surface area contributed by atoms with Crippen LogP contribution in [0.1, 0.15) is 17.6 Å². The van der Waals surface area contributed by atoms with Gasteiger partial charge in [0.05, 0.1) is 18.2 Å². The summed E-state index contributed by atoms with van der Waals surface area (Å²) in [7, 11) is 0. The summed E-state index contributed by atoms with van der Waals surface area (Å²) in [6, 6.07) is 1.73. The largest absolute Gasteiger partial charge is 0.365 e. The van der Waals surface area contributed by atoms with Gasteiger partial charge in [0.25, 0.3) is 0 Å². The summed E-state index contributed by atoms with van der Waals surface area (Å²) in [5.41, 5.74) is 11.6. The molecule has 114 valence electrons. The molecule has 0 unspecified atom stereocenters. The second kappa shape index (κ2) is 5.21. The van der Waals surface area contributed by atoms with Gasteiger partial charge in [-0.3, -0.25) is 4.57 Å². The Balaban J connectivity index is 1.91. The zero-order valence-electron chi connectivity index (χ0n) is 11.5. The van der Waals surface area contributed by atoms with Gasteiger partial charge in [0.1, 0.15) is 24.1 Å². The normalized spacial score (nSPS) is 26.6. The van der Waals surface area contributed by atoms with Crippen LogP contribution in [0.3, 0.4) is 0 Å². The van der Waals surface area contributed by atoms with E-state index >= 15 is 0 Å². The number of nitrogens with zero attached hydrogens (tertiary/aromatic N) is 5. The van der Waals surface area contributed by atoms with Crippen LogP contribution >= 0.6 is 31.9 Å². The van der Waals surface area contributed by atoms with Crippen molar-refractivity contribution >= 4 is 42.9 Å². The van der Waals surface area contributed by atoms with Crippen LogP contribution in [0, 0.1) is 6.92 Å². The number of benzene rings is 1. The number of imidazole rings is 1. The highest BCUT2D eigenvalue weighted by atomic mass is 79.9. The zero-order chi connectivity index (χ0) is 15.4. The number of hydrogen-bond donors (Lipinski definition) is 0. The summed E-state index contributed by atoms with van der Waals surface area (Å²) < 4.78 is 15.7. The quantitative estimate of drug-likeness (QED) is 0.391. The van der Waals surface area contributed by atoms with Crippen molar-refractivity contribution in [3.05, 3.63) is 36.8 Å². The summed E-state index contributed by atoms with van der Waals surface area (Å²) in [4.78, 5) is 7.55. The lowest BCUT2D eigenvalue weighted by Crippen LogP contribution is -2.35. The van der Waals surface area contributed by atoms with E-state index in [1.165, 1.54) is 0 Å². The van der Waals surface area contributed by atoms with E-state index < -0.39 is 0 Å². The van der Waals surface area contributed by atoms with Gasteiger partial charge in [-0.15, -0.1) is 0 Å². The Hall–Kier alpha value is -1.12. The molecule has 2 aliphatic heterocycles. The van der Waals surface area contributed by atoms with Crippen molar-refractivity contribution < 1.29 is 9.47 Å². The third-order valence-corrected chi connectivity index (χ3v) is 5.93. The summed E-state index contributed by atoms with van der Waals surface area (Å²) >= 11 is 7.19. The maximum absolute atomic E-state index is 8.66. The molecule has 0 aliphatic carbocycles. The highest BCUT2D eigenvalue weighted by molar-refractivity contribution is 9.11. The highest BCUT2D eigenvalue weighted by Gasteiger charge is 2.43. The molecule has 0 radical (unpaired) electrons. The first-order chi connectivity index (χ1) is 10.6. The molecule has 1 fully saturated rings. The van der Waals surface area contributed by atoms with E-state index in [0.29, 0.717) is 13.2 Å². The minimum absolute atomic E-state index is 0.278. The Morgan fingerprint density at radius 2 is 2.27 bits per heavy atom. The molecule has 22 heavy (non-hydrogen) atoms. The molecule has 1 saturated heterocycles. The number of fused-ring (bicyclic) bond motifs is 5. The molecule has 1 aromatic carbocycles. The van der Waals surface area contributed by atoms with Gasteiger partial charge < -0.3 is 9.47 Å². The predicted molar refractivity (Wildman–Crippen MR) is 86.4 cm³/mol. The number of rotatable bonds is 1. The van der Waals surface area contributed by atoms with E-state index in [0.717, 1.165) is 31.4 Å². The second-order valence-corrected chi connectivity index (χ2v) is 6.98. The number of azide groups is 1. The van der Waals surface area contributed by atoms with Crippen molar-refractivity contribution in [3.8, 4) is 0 Å². The van der Waals surface area contributed by atoms with Crippen molar-refractivity contribution in [1.29, 1.82) is 0 Å². The Bertz CT molecular complexity index is 830. The van der Waals surface area contributed by atoms with Crippen molar-refractivity contribution in [1.82, 2.24) is 9.55 Å². The van der Waals surface area contributed by atoms with Crippen LogP contribution < -0.4 is 0 Å². The van der Waals surface area contributed by atoms with E-state index in [4.69, 9.17) is 15.0 Å². The molecular weight excluding hydrogens is 418 g/mol. The zero-order valence-corrected chi connectivity index (χ0v) is 14.7. The molecule has 1 aromatic heterocycles. The van der Waals surface area contributed by atoms with Gasteiger partial charge in [-0.25, -0.2) is 4.98 Å². The monoisotopic (exact) mass is 427 g/mol. The Morgan fingerprint density at radius 1 is 1.45 bits per heavy atom. The van der Waals surface area contributed by atoms with Crippen LogP contribution in [0.5, 0.6) is 0 Å². The first-order valence-corrected chi connectivity index (χ1v) is 8.33. The fourth-order valence-corrected chi connectivity index (χ4v) is 4.20. The molecule has 2 aliphatic rings. The molecule has 0 spiro atoms. The Labute approximate surface area is 142 Å². The third kappa shape index (κ3) is 1.93. The summed E-state index contributed by atoms with van der Waals surface area (Å²) in [6.45, 7) is 2.75. The number of ether oxygens (including phenoxy) is 2. The molecule has 0 N–H and O–H groups in total. The highest BCUT2D eigenvalue weighted by Crippen LogP contribution is 2.40. The molecule has 9 heteroatoms. The summed E-state index contributed by atoms with van der Waals surface area (Å²) in [5, 5.41) is 3.77. The summed E-state index contributed by atoms with van der Waals surface area (Å²) in [5.74, 6) is 0.816. The lowest BCUT2D eigenvalue weighted by Gasteiger charge is -2.28. The van der Waals surface area contributed by atoms with E-state index in [9.17, 15) is 0 Å². The van der Waals surface area contributed by atoms with Gasteiger partial charge in [0.2, 0.25) is 0 Å². The number of aromatic nitrogens is 2. The van der Waals surface area contributed by atoms with Gasteiger partial charge in [-0.2, -0.15) is 0 Å². The van der Waals surface area contributed by atoms with Gasteiger partial charge >= 0.3 is 0 Å². The van der Waals surface area contributed by atoms with Gasteiger partial charge in [-0.05, 0) is 40.0 Å². The van der Waals surface area contributed by atoms with Crippen LogP contribution in [0.2, 0.25) is 0 Å². The fourth-order valence-electron chi connectivity index (χ4n) is 3.02. The number of hydrogen-bond acceptors (Lipinski definition) is 4. The standard InChI is InChI=1S/C13H11Br2N5O2/c1-5-6(14)2-8-11(10(5)15)17-9-4-21-12-7(18-19-16)3-22-13(12)20(8)9/h2,7,12-13H,3-4H2,1H3/t7-,12+,13-/m0/s1. The number of halogens is 2. The molecule has 2 aromatic rings. The third-order valence-electron chi connectivity index (χ3n) is 4.14. The van der Waals surface area contributed by atoms with Gasteiger partial charge in [-0.1, -0.05) is 21.0 Å². The first-order valence-electron chi connectivity index (χ1n) is 6.74. The fraction of sp³-hybridized carbons (Fsp3) is 0.462. The molecule has 7 nitrogen and oxygen atoms in total. The average molecular weight is 429 g/mol. The van der Waals surface area contributed by atoms with E-state index in [1.807, 2.05) is 17.6 Å². The molecule has 4 rings (SSSR count). The minimum Gasteiger partial charge on any atom is -0.365 e. The van der Waals surface area contributed by atoms with E-state index in [1.54, 1.807) is 0 Å². The maximum Gasteiger partial charge on any atom is 0.162 e. The van der Waals surface area contributed by atoms with Gasteiger partial charge in [0.15, 0.2) is 6.23 Å². The Morgan fingerprint density at radius 3 is 3.05 bits per heavy atom. The van der Waals surface area contributed by atoms with Crippen molar-refractivity contribution in [3.63, 3.8) is 0 Å². The van der Waals surface area contributed by atoms with Gasteiger partial charge in [0, 0.05) is 13.9 Å². The molecule has 3 heterocycles. The Kier molecular flexibility index (Phi) is 3.43. The molecule has 0 amide bonds. The van der Waals surface area contributed by atoms with Crippen LogP contribution in [-0.2, 0) is 16.1 Å². The lowest BCUT2D eigenvalue weighted by atomic mass is 10.1.